The molecule has 0 saturated heterocycles. The molecule has 0 aliphatic carbocycles. The van der Waals surface area contributed by atoms with Crippen LogP contribution in [0.4, 0.5) is 5.69 Å². The van der Waals surface area contributed by atoms with Crippen LogP contribution >= 0.6 is 11.6 Å². The third-order valence-corrected chi connectivity index (χ3v) is 3.46. The fourth-order valence-electron chi connectivity index (χ4n) is 1.98. The molecule has 2 aromatic rings. The first-order valence-electron chi connectivity index (χ1n) is 6.45. The monoisotopic (exact) mass is 288 g/mol. The molecule has 20 heavy (non-hydrogen) atoms. The Kier molecular flexibility index (Phi) is 4.64. The molecule has 0 aliphatic rings. The molecule has 2 aromatic carbocycles. The zero-order chi connectivity index (χ0) is 14.5. The van der Waals surface area contributed by atoms with E-state index >= 15 is 0 Å². The average molecular weight is 289 g/mol. The number of rotatable bonds is 4. The van der Waals surface area contributed by atoms with Gasteiger partial charge in [0.05, 0.1) is 10.7 Å². The number of hydrogen-bond donors (Lipinski definition) is 2. The van der Waals surface area contributed by atoms with Gasteiger partial charge in [0, 0.05) is 18.7 Å². The van der Waals surface area contributed by atoms with Gasteiger partial charge in [0.25, 0.3) is 5.91 Å². The molecule has 1 amide bonds. The summed E-state index contributed by atoms with van der Waals surface area (Å²) in [7, 11) is 1.61. The minimum Gasteiger partial charge on any atom is -0.377 e. The molecule has 1 unspecified atom stereocenters. The molecule has 0 spiro atoms. The Bertz CT molecular complexity index is 599. The Labute approximate surface area is 124 Å². The van der Waals surface area contributed by atoms with E-state index in [0.29, 0.717) is 10.6 Å². The summed E-state index contributed by atoms with van der Waals surface area (Å²) < 4.78 is 0. The molecule has 0 fully saturated rings. The zero-order valence-electron chi connectivity index (χ0n) is 11.5. The molecule has 0 saturated carbocycles. The number of benzene rings is 2. The van der Waals surface area contributed by atoms with Crippen LogP contribution in [0.2, 0.25) is 5.02 Å². The SMILES string of the molecule is CNC(=O)c1ccc(Cl)c(NC(C)c2ccccc2)c1. The van der Waals surface area contributed by atoms with E-state index < -0.39 is 0 Å². The first-order chi connectivity index (χ1) is 9.61. The second kappa shape index (κ2) is 6.44. The van der Waals surface area contributed by atoms with Gasteiger partial charge in [-0.3, -0.25) is 4.79 Å². The topological polar surface area (TPSA) is 41.1 Å². The number of carbonyl (C=O) groups is 1. The van der Waals surface area contributed by atoms with E-state index in [1.807, 2.05) is 30.3 Å². The van der Waals surface area contributed by atoms with Gasteiger partial charge < -0.3 is 10.6 Å². The average Bonchev–Trinajstić information content (AvgIpc) is 2.49. The summed E-state index contributed by atoms with van der Waals surface area (Å²) in [5.41, 5.74) is 2.50. The van der Waals surface area contributed by atoms with E-state index in [0.717, 1.165) is 11.3 Å². The summed E-state index contributed by atoms with van der Waals surface area (Å²) in [5, 5.41) is 6.53. The van der Waals surface area contributed by atoms with Gasteiger partial charge in [-0.05, 0) is 30.7 Å². The number of anilines is 1. The smallest absolute Gasteiger partial charge is 0.251 e. The third-order valence-electron chi connectivity index (χ3n) is 3.13. The third kappa shape index (κ3) is 3.31. The highest BCUT2D eigenvalue weighted by molar-refractivity contribution is 6.33. The van der Waals surface area contributed by atoms with Gasteiger partial charge in [0.2, 0.25) is 0 Å². The Morgan fingerprint density at radius 3 is 2.50 bits per heavy atom. The molecule has 2 N–H and O–H groups in total. The van der Waals surface area contributed by atoms with Crippen molar-refractivity contribution in [3.8, 4) is 0 Å². The van der Waals surface area contributed by atoms with Crippen molar-refractivity contribution in [2.45, 2.75) is 13.0 Å². The number of amides is 1. The van der Waals surface area contributed by atoms with E-state index in [4.69, 9.17) is 11.6 Å². The minimum atomic E-state index is -0.128. The molecule has 2 rings (SSSR count). The summed E-state index contributed by atoms with van der Waals surface area (Å²) in [6, 6.07) is 15.4. The fourth-order valence-corrected chi connectivity index (χ4v) is 2.15. The molecule has 104 valence electrons. The Balaban J connectivity index is 2.22. The number of carbonyl (C=O) groups excluding carboxylic acids is 1. The van der Waals surface area contributed by atoms with E-state index in [9.17, 15) is 4.79 Å². The maximum absolute atomic E-state index is 11.7. The summed E-state index contributed by atoms with van der Waals surface area (Å²) in [6.45, 7) is 2.05. The van der Waals surface area contributed by atoms with Crippen molar-refractivity contribution in [3.63, 3.8) is 0 Å². The Morgan fingerprint density at radius 2 is 1.85 bits per heavy atom. The fraction of sp³-hybridized carbons (Fsp3) is 0.188. The summed E-state index contributed by atoms with van der Waals surface area (Å²) in [5.74, 6) is -0.128. The van der Waals surface area contributed by atoms with Crippen LogP contribution in [0.25, 0.3) is 0 Å². The van der Waals surface area contributed by atoms with Crippen molar-refractivity contribution in [2.75, 3.05) is 12.4 Å². The predicted molar refractivity (Wildman–Crippen MR) is 83.3 cm³/mol. The van der Waals surface area contributed by atoms with Gasteiger partial charge in [-0.2, -0.15) is 0 Å². The molecule has 0 radical (unpaired) electrons. The molecule has 4 heteroatoms. The molecular weight excluding hydrogens is 272 g/mol. The summed E-state index contributed by atoms with van der Waals surface area (Å²) in [4.78, 5) is 11.7. The van der Waals surface area contributed by atoms with Crippen LogP contribution in [-0.2, 0) is 0 Å². The van der Waals surface area contributed by atoms with Crippen LogP contribution in [0, 0.1) is 0 Å². The van der Waals surface area contributed by atoms with Crippen molar-refractivity contribution < 1.29 is 4.79 Å². The van der Waals surface area contributed by atoms with E-state index in [1.165, 1.54) is 0 Å². The lowest BCUT2D eigenvalue weighted by molar-refractivity contribution is 0.0963. The summed E-state index contributed by atoms with van der Waals surface area (Å²) >= 11 is 6.18. The van der Waals surface area contributed by atoms with Crippen molar-refractivity contribution in [1.29, 1.82) is 0 Å². The molecule has 0 aliphatic heterocycles. The van der Waals surface area contributed by atoms with Gasteiger partial charge in [-0.15, -0.1) is 0 Å². The molecule has 0 bridgehead atoms. The van der Waals surface area contributed by atoms with Crippen LogP contribution in [0.3, 0.4) is 0 Å². The van der Waals surface area contributed by atoms with E-state index in [2.05, 4.69) is 17.6 Å². The van der Waals surface area contributed by atoms with E-state index in [-0.39, 0.29) is 11.9 Å². The van der Waals surface area contributed by atoms with Crippen molar-refractivity contribution in [3.05, 3.63) is 64.7 Å². The van der Waals surface area contributed by atoms with Crippen LogP contribution in [0.15, 0.2) is 48.5 Å². The van der Waals surface area contributed by atoms with E-state index in [1.54, 1.807) is 25.2 Å². The highest BCUT2D eigenvalue weighted by atomic mass is 35.5. The quantitative estimate of drug-likeness (QED) is 0.896. The lowest BCUT2D eigenvalue weighted by Gasteiger charge is -2.17. The van der Waals surface area contributed by atoms with Crippen molar-refractivity contribution >= 4 is 23.2 Å². The first kappa shape index (κ1) is 14.4. The molecule has 3 nitrogen and oxygen atoms in total. The van der Waals surface area contributed by atoms with Crippen LogP contribution in [0.1, 0.15) is 28.9 Å². The second-order valence-corrected chi connectivity index (χ2v) is 4.96. The molecule has 0 heterocycles. The maximum atomic E-state index is 11.7. The molecule has 0 aromatic heterocycles. The normalized spacial score (nSPS) is 11.8. The van der Waals surface area contributed by atoms with Gasteiger partial charge in [-0.1, -0.05) is 41.9 Å². The molecular formula is C16H17ClN2O. The lowest BCUT2D eigenvalue weighted by atomic mass is 10.1. The van der Waals surface area contributed by atoms with Crippen LogP contribution in [0.5, 0.6) is 0 Å². The predicted octanol–water partition coefficient (Wildman–Crippen LogP) is 3.87. The number of nitrogens with one attached hydrogen (secondary N) is 2. The van der Waals surface area contributed by atoms with Gasteiger partial charge in [0.1, 0.15) is 0 Å². The van der Waals surface area contributed by atoms with Crippen molar-refractivity contribution in [2.24, 2.45) is 0 Å². The number of halogens is 1. The van der Waals surface area contributed by atoms with Gasteiger partial charge in [-0.25, -0.2) is 0 Å². The maximum Gasteiger partial charge on any atom is 0.251 e. The highest BCUT2D eigenvalue weighted by Gasteiger charge is 2.10. The highest BCUT2D eigenvalue weighted by Crippen LogP contribution is 2.27. The lowest BCUT2D eigenvalue weighted by Crippen LogP contribution is -2.18. The van der Waals surface area contributed by atoms with Crippen LogP contribution < -0.4 is 10.6 Å². The summed E-state index contributed by atoms with van der Waals surface area (Å²) in [6.07, 6.45) is 0. The largest absolute Gasteiger partial charge is 0.377 e. The Morgan fingerprint density at radius 1 is 1.15 bits per heavy atom. The Hall–Kier alpha value is -2.00. The van der Waals surface area contributed by atoms with Crippen molar-refractivity contribution in [1.82, 2.24) is 5.32 Å². The number of hydrogen-bond acceptors (Lipinski definition) is 2. The molecule has 1 atom stereocenters. The minimum absolute atomic E-state index is 0.105. The zero-order valence-corrected chi connectivity index (χ0v) is 12.2. The second-order valence-electron chi connectivity index (χ2n) is 4.55. The van der Waals surface area contributed by atoms with Crippen LogP contribution in [-0.4, -0.2) is 13.0 Å². The van der Waals surface area contributed by atoms with Gasteiger partial charge in [0.15, 0.2) is 0 Å². The first-order valence-corrected chi connectivity index (χ1v) is 6.82. The standard InChI is InChI=1S/C16H17ClN2O/c1-11(12-6-4-3-5-7-12)19-15-10-13(16(20)18-2)8-9-14(15)17/h3-11,19H,1-2H3,(H,18,20). The van der Waals surface area contributed by atoms with Gasteiger partial charge >= 0.3 is 0 Å².